The molecule has 6 nitrogen and oxygen atoms in total. The summed E-state index contributed by atoms with van der Waals surface area (Å²) in [5, 5.41) is -0.125. The van der Waals surface area contributed by atoms with Crippen LogP contribution >= 0.6 is 11.6 Å². The van der Waals surface area contributed by atoms with Crippen LogP contribution in [0.2, 0.25) is 5.02 Å². The van der Waals surface area contributed by atoms with Gasteiger partial charge in [0, 0.05) is 36.4 Å². The Balaban J connectivity index is 1.51. The number of fused-ring (bicyclic) bond motifs is 1. The summed E-state index contributed by atoms with van der Waals surface area (Å²) in [4.78, 5) is 18.5. The largest absolute Gasteiger partial charge is 0.487 e. The van der Waals surface area contributed by atoms with Crippen molar-refractivity contribution in [3.05, 3.63) is 40.5 Å². The lowest BCUT2D eigenvalue weighted by Crippen LogP contribution is -2.33. The smallest absolute Gasteiger partial charge is 0.417 e. The first-order chi connectivity index (χ1) is 16.3. The first kappa shape index (κ1) is 23.2. The molecule has 0 N–H and O–H groups in total. The number of benzene rings is 1. The molecule has 2 fully saturated rings. The summed E-state index contributed by atoms with van der Waals surface area (Å²) < 4.78 is 57.0. The van der Waals surface area contributed by atoms with Crippen LogP contribution < -0.4 is 9.47 Å². The molecule has 1 atom stereocenters. The molecule has 3 aliphatic rings. The first-order valence-corrected chi connectivity index (χ1v) is 11.7. The molecule has 0 radical (unpaired) electrons. The standard InChI is InChI=1S/C24H24ClF3N2O4/c25-19-10-17(24(26,27)28)11-29-21(19)15-8-16-12-30(23(31)14-3-4-14)5-7-33-22(16)20(9-15)34-13-18-2-1-6-32-18/h8-11,14,18H,1-7,12-13H2/t18-/m0/s1. The predicted octanol–water partition coefficient (Wildman–Crippen LogP) is 5.11. The van der Waals surface area contributed by atoms with Gasteiger partial charge in [-0.2, -0.15) is 13.2 Å². The monoisotopic (exact) mass is 496 g/mol. The van der Waals surface area contributed by atoms with E-state index in [1.165, 1.54) is 0 Å². The molecular formula is C24H24ClF3N2O4. The molecule has 0 unspecified atom stereocenters. The van der Waals surface area contributed by atoms with Crippen LogP contribution in [0.15, 0.2) is 24.4 Å². The second kappa shape index (κ2) is 9.26. The van der Waals surface area contributed by atoms with Gasteiger partial charge in [-0.25, -0.2) is 0 Å². The number of carbonyl (C=O) groups is 1. The molecule has 1 saturated carbocycles. The molecular weight excluding hydrogens is 473 g/mol. The number of ether oxygens (including phenoxy) is 3. The van der Waals surface area contributed by atoms with Crippen molar-refractivity contribution in [2.24, 2.45) is 5.92 Å². The number of rotatable bonds is 5. The Labute approximate surface area is 199 Å². The van der Waals surface area contributed by atoms with Crippen molar-refractivity contribution in [3.8, 4) is 22.8 Å². The second-order valence-corrected chi connectivity index (χ2v) is 9.25. The number of pyridine rings is 1. The third-order valence-corrected chi connectivity index (χ3v) is 6.52. The summed E-state index contributed by atoms with van der Waals surface area (Å²) in [5.74, 6) is 1.11. The molecule has 182 valence electrons. The molecule has 3 heterocycles. The summed E-state index contributed by atoms with van der Waals surface area (Å²) in [6.07, 6.45) is -0.181. The van der Waals surface area contributed by atoms with E-state index in [0.717, 1.165) is 37.9 Å². The zero-order valence-corrected chi connectivity index (χ0v) is 19.1. The Morgan fingerprint density at radius 3 is 2.71 bits per heavy atom. The maximum Gasteiger partial charge on any atom is 0.417 e. The Morgan fingerprint density at radius 1 is 1.21 bits per heavy atom. The quantitative estimate of drug-likeness (QED) is 0.575. The van der Waals surface area contributed by atoms with E-state index < -0.39 is 11.7 Å². The fourth-order valence-electron chi connectivity index (χ4n) is 4.27. The van der Waals surface area contributed by atoms with Gasteiger partial charge in [-0.3, -0.25) is 9.78 Å². The highest BCUT2D eigenvalue weighted by Gasteiger charge is 2.35. The molecule has 1 aliphatic carbocycles. The van der Waals surface area contributed by atoms with Gasteiger partial charge in [-0.05, 0) is 43.9 Å². The predicted molar refractivity (Wildman–Crippen MR) is 118 cm³/mol. The topological polar surface area (TPSA) is 60.9 Å². The zero-order chi connectivity index (χ0) is 23.9. The van der Waals surface area contributed by atoms with E-state index >= 15 is 0 Å². The van der Waals surface area contributed by atoms with Crippen molar-refractivity contribution in [1.29, 1.82) is 0 Å². The van der Waals surface area contributed by atoms with Crippen LogP contribution in [0.25, 0.3) is 11.3 Å². The van der Waals surface area contributed by atoms with Gasteiger partial charge in [0.1, 0.15) is 13.2 Å². The van der Waals surface area contributed by atoms with E-state index in [9.17, 15) is 18.0 Å². The van der Waals surface area contributed by atoms with E-state index in [0.29, 0.717) is 55.5 Å². The normalized spacial score (nSPS) is 20.5. The maximum absolute atomic E-state index is 13.1. The third kappa shape index (κ3) is 4.95. The number of amides is 1. The molecule has 1 saturated heterocycles. The Morgan fingerprint density at radius 2 is 2.03 bits per heavy atom. The lowest BCUT2D eigenvalue weighted by Gasteiger charge is -2.21. The maximum atomic E-state index is 13.1. The number of hydrogen-bond donors (Lipinski definition) is 0. The molecule has 1 aromatic heterocycles. The highest BCUT2D eigenvalue weighted by Crippen LogP contribution is 2.42. The summed E-state index contributed by atoms with van der Waals surface area (Å²) in [5.41, 5.74) is 0.465. The van der Waals surface area contributed by atoms with Crippen LogP contribution in [0.4, 0.5) is 13.2 Å². The van der Waals surface area contributed by atoms with Crippen LogP contribution in [-0.2, 0) is 22.3 Å². The lowest BCUT2D eigenvalue weighted by atomic mass is 10.0. The average Bonchev–Trinajstić information content (AvgIpc) is 3.56. The molecule has 0 spiro atoms. The van der Waals surface area contributed by atoms with Gasteiger partial charge < -0.3 is 19.1 Å². The number of hydrogen-bond acceptors (Lipinski definition) is 5. The van der Waals surface area contributed by atoms with Crippen LogP contribution in [-0.4, -0.2) is 48.3 Å². The summed E-state index contributed by atoms with van der Waals surface area (Å²) in [6, 6.07) is 4.30. The molecule has 10 heteroatoms. The minimum absolute atomic E-state index is 0.0363. The van der Waals surface area contributed by atoms with Crippen molar-refractivity contribution >= 4 is 17.5 Å². The van der Waals surface area contributed by atoms with Crippen LogP contribution in [0, 0.1) is 5.92 Å². The third-order valence-electron chi connectivity index (χ3n) is 6.23. The fraction of sp³-hybridized carbons (Fsp3) is 0.500. The Kier molecular flexibility index (Phi) is 6.33. The molecule has 5 rings (SSSR count). The van der Waals surface area contributed by atoms with Gasteiger partial charge in [-0.1, -0.05) is 11.6 Å². The van der Waals surface area contributed by atoms with Gasteiger partial charge >= 0.3 is 6.18 Å². The van der Waals surface area contributed by atoms with Crippen molar-refractivity contribution in [3.63, 3.8) is 0 Å². The molecule has 0 bridgehead atoms. The molecule has 1 amide bonds. The van der Waals surface area contributed by atoms with Crippen LogP contribution in [0.5, 0.6) is 11.5 Å². The van der Waals surface area contributed by atoms with E-state index in [1.807, 2.05) is 0 Å². The van der Waals surface area contributed by atoms with E-state index in [2.05, 4.69) is 4.98 Å². The number of alkyl halides is 3. The van der Waals surface area contributed by atoms with Crippen LogP contribution in [0.1, 0.15) is 36.8 Å². The number of halogens is 4. The molecule has 1 aromatic carbocycles. The van der Waals surface area contributed by atoms with Crippen molar-refractivity contribution in [2.45, 2.75) is 44.5 Å². The number of aromatic nitrogens is 1. The molecule has 34 heavy (non-hydrogen) atoms. The second-order valence-electron chi connectivity index (χ2n) is 8.84. The summed E-state index contributed by atoms with van der Waals surface area (Å²) in [6.45, 7) is 2.08. The first-order valence-electron chi connectivity index (χ1n) is 11.4. The SMILES string of the molecule is O=C(C1CC1)N1CCOc2c(cc(-c3ncc(C(F)(F)F)cc3Cl)cc2OC[C@@H]2CCCO2)C1. The highest BCUT2D eigenvalue weighted by atomic mass is 35.5. The van der Waals surface area contributed by atoms with Crippen molar-refractivity contribution in [2.75, 3.05) is 26.4 Å². The van der Waals surface area contributed by atoms with Gasteiger partial charge in [0.2, 0.25) is 5.91 Å². The number of nitrogens with zero attached hydrogens (tertiary/aromatic N) is 2. The zero-order valence-electron chi connectivity index (χ0n) is 18.4. The molecule has 2 aliphatic heterocycles. The van der Waals surface area contributed by atoms with E-state index in [4.69, 9.17) is 25.8 Å². The van der Waals surface area contributed by atoms with Crippen molar-refractivity contribution < 1.29 is 32.2 Å². The van der Waals surface area contributed by atoms with Gasteiger partial charge in [-0.15, -0.1) is 0 Å². The minimum atomic E-state index is -4.55. The number of carbonyl (C=O) groups excluding carboxylic acids is 1. The highest BCUT2D eigenvalue weighted by molar-refractivity contribution is 6.33. The van der Waals surface area contributed by atoms with Crippen molar-refractivity contribution in [1.82, 2.24) is 9.88 Å². The van der Waals surface area contributed by atoms with E-state index in [-0.39, 0.29) is 28.6 Å². The summed E-state index contributed by atoms with van der Waals surface area (Å²) in [7, 11) is 0. The minimum Gasteiger partial charge on any atom is -0.487 e. The Hall–Kier alpha value is -2.52. The van der Waals surface area contributed by atoms with Gasteiger partial charge in [0.25, 0.3) is 0 Å². The molecule has 2 aromatic rings. The van der Waals surface area contributed by atoms with Crippen LogP contribution in [0.3, 0.4) is 0 Å². The van der Waals surface area contributed by atoms with Gasteiger partial charge in [0.05, 0.1) is 28.9 Å². The van der Waals surface area contributed by atoms with Gasteiger partial charge in [0.15, 0.2) is 11.5 Å². The Bertz CT molecular complexity index is 1080. The fourth-order valence-corrected chi connectivity index (χ4v) is 4.54. The lowest BCUT2D eigenvalue weighted by molar-refractivity contribution is -0.137. The summed E-state index contributed by atoms with van der Waals surface area (Å²) >= 11 is 6.23. The average molecular weight is 497 g/mol. The van der Waals surface area contributed by atoms with E-state index in [1.54, 1.807) is 17.0 Å².